The number of aromatic nitrogens is 3. The van der Waals surface area contributed by atoms with E-state index in [0.717, 1.165) is 28.1 Å². The highest BCUT2D eigenvalue weighted by molar-refractivity contribution is 5.98. The van der Waals surface area contributed by atoms with Crippen molar-refractivity contribution in [3.8, 4) is 11.5 Å². The minimum Gasteiger partial charge on any atom is -0.486 e. The number of hydrogen-bond donors (Lipinski definition) is 1. The Morgan fingerprint density at radius 1 is 1.21 bits per heavy atom. The summed E-state index contributed by atoms with van der Waals surface area (Å²) in [5, 5.41) is 8.23. The average Bonchev–Trinajstić information content (AvgIpc) is 3.10. The molecule has 0 saturated heterocycles. The molecule has 4 rings (SSSR count). The molecule has 0 radical (unpaired) electrons. The fourth-order valence-electron chi connectivity index (χ4n) is 3.33. The van der Waals surface area contributed by atoms with E-state index in [0.29, 0.717) is 37.4 Å². The van der Waals surface area contributed by atoms with Crippen molar-refractivity contribution in [1.29, 1.82) is 0 Å². The molecule has 0 aliphatic carbocycles. The van der Waals surface area contributed by atoms with Crippen LogP contribution in [0.2, 0.25) is 0 Å². The highest BCUT2D eigenvalue weighted by Gasteiger charge is 2.16. The lowest BCUT2D eigenvalue weighted by Gasteiger charge is -2.18. The van der Waals surface area contributed by atoms with Crippen molar-refractivity contribution in [2.75, 3.05) is 19.8 Å². The summed E-state index contributed by atoms with van der Waals surface area (Å²) in [6, 6.07) is 7.97. The van der Waals surface area contributed by atoms with Crippen LogP contribution >= 0.6 is 0 Å². The van der Waals surface area contributed by atoms with Crippen molar-refractivity contribution in [2.45, 2.75) is 33.2 Å². The van der Waals surface area contributed by atoms with E-state index in [1.165, 1.54) is 0 Å². The monoisotopic (exact) mass is 380 g/mol. The number of fused-ring (bicyclic) bond motifs is 2. The van der Waals surface area contributed by atoms with Gasteiger partial charge in [-0.1, -0.05) is 6.07 Å². The van der Waals surface area contributed by atoms with Gasteiger partial charge in [-0.05, 0) is 51.0 Å². The van der Waals surface area contributed by atoms with Gasteiger partial charge >= 0.3 is 0 Å². The van der Waals surface area contributed by atoms with Crippen LogP contribution in [0.4, 0.5) is 0 Å². The van der Waals surface area contributed by atoms with Crippen molar-refractivity contribution in [1.82, 2.24) is 20.1 Å². The van der Waals surface area contributed by atoms with Gasteiger partial charge in [0.1, 0.15) is 13.2 Å². The van der Waals surface area contributed by atoms with Gasteiger partial charge < -0.3 is 14.8 Å². The largest absolute Gasteiger partial charge is 0.486 e. The van der Waals surface area contributed by atoms with Crippen LogP contribution in [0.15, 0.2) is 30.5 Å². The molecule has 7 nitrogen and oxygen atoms in total. The van der Waals surface area contributed by atoms with Gasteiger partial charge in [-0.15, -0.1) is 0 Å². The Bertz CT molecular complexity index is 1030. The smallest absolute Gasteiger partial charge is 0.253 e. The van der Waals surface area contributed by atoms with Gasteiger partial charge in [0.05, 0.1) is 17.5 Å². The topological polar surface area (TPSA) is 78.3 Å². The van der Waals surface area contributed by atoms with E-state index in [9.17, 15) is 4.79 Å². The summed E-state index contributed by atoms with van der Waals surface area (Å²) in [4.78, 5) is 17.3. The number of carbonyl (C=O) groups excluding carboxylic acids is 1. The molecule has 0 atom stereocenters. The summed E-state index contributed by atoms with van der Waals surface area (Å²) < 4.78 is 13.0. The molecule has 28 heavy (non-hydrogen) atoms. The number of benzene rings is 1. The van der Waals surface area contributed by atoms with Gasteiger partial charge in [0.25, 0.3) is 5.91 Å². The Kier molecular flexibility index (Phi) is 4.90. The van der Waals surface area contributed by atoms with E-state index in [1.54, 1.807) is 6.20 Å². The quantitative estimate of drug-likeness (QED) is 0.736. The van der Waals surface area contributed by atoms with Crippen LogP contribution in [0.5, 0.6) is 11.5 Å². The zero-order valence-electron chi connectivity index (χ0n) is 16.4. The number of hydrogen-bond acceptors (Lipinski definition) is 5. The first kappa shape index (κ1) is 18.3. The third kappa shape index (κ3) is 3.52. The van der Waals surface area contributed by atoms with E-state index in [-0.39, 0.29) is 11.9 Å². The van der Waals surface area contributed by atoms with E-state index >= 15 is 0 Å². The number of nitrogens with one attached hydrogen (secondary N) is 1. The van der Waals surface area contributed by atoms with Crippen molar-refractivity contribution >= 4 is 16.9 Å². The number of pyridine rings is 1. The summed E-state index contributed by atoms with van der Waals surface area (Å²) in [5.74, 6) is 1.42. The molecule has 0 fully saturated rings. The Morgan fingerprint density at radius 2 is 2.00 bits per heavy atom. The second kappa shape index (κ2) is 7.50. The molecular weight excluding hydrogens is 356 g/mol. The predicted molar refractivity (Wildman–Crippen MR) is 106 cm³/mol. The van der Waals surface area contributed by atoms with Gasteiger partial charge in [0, 0.05) is 18.0 Å². The molecule has 0 saturated carbocycles. The number of nitrogens with zero attached hydrogens (tertiary/aromatic N) is 3. The van der Waals surface area contributed by atoms with Gasteiger partial charge in [0.15, 0.2) is 17.1 Å². The maximum absolute atomic E-state index is 12.6. The molecule has 146 valence electrons. The Morgan fingerprint density at radius 3 is 2.79 bits per heavy atom. The molecule has 0 unspecified atom stereocenters. The summed E-state index contributed by atoms with van der Waals surface area (Å²) in [6.45, 7) is 7.64. The van der Waals surface area contributed by atoms with Crippen LogP contribution in [0.25, 0.3) is 11.0 Å². The van der Waals surface area contributed by atoms with Crippen molar-refractivity contribution in [2.24, 2.45) is 0 Å². The van der Waals surface area contributed by atoms with Crippen LogP contribution in [0, 0.1) is 6.92 Å². The highest BCUT2D eigenvalue weighted by Crippen LogP contribution is 2.30. The maximum atomic E-state index is 12.6. The first-order valence-electron chi connectivity index (χ1n) is 9.54. The molecule has 1 aromatic carbocycles. The summed E-state index contributed by atoms with van der Waals surface area (Å²) in [6.07, 6.45) is 2.47. The van der Waals surface area contributed by atoms with E-state index in [1.807, 2.05) is 35.9 Å². The Balaban J connectivity index is 1.43. The van der Waals surface area contributed by atoms with Crippen LogP contribution in [0.1, 0.15) is 41.5 Å². The number of amides is 1. The van der Waals surface area contributed by atoms with Crippen molar-refractivity contribution in [3.05, 3.63) is 47.3 Å². The van der Waals surface area contributed by atoms with Crippen LogP contribution in [-0.2, 0) is 6.42 Å². The molecule has 3 aromatic rings. The minimum atomic E-state index is -0.123. The average molecular weight is 380 g/mol. The lowest BCUT2D eigenvalue weighted by Crippen LogP contribution is -2.26. The van der Waals surface area contributed by atoms with Crippen LogP contribution < -0.4 is 14.8 Å². The highest BCUT2D eigenvalue weighted by atomic mass is 16.6. The number of rotatable bonds is 5. The van der Waals surface area contributed by atoms with E-state index < -0.39 is 0 Å². The first-order valence-corrected chi connectivity index (χ1v) is 9.54. The van der Waals surface area contributed by atoms with Crippen molar-refractivity contribution < 1.29 is 14.3 Å². The first-order chi connectivity index (χ1) is 13.5. The second-order valence-corrected chi connectivity index (χ2v) is 7.20. The predicted octanol–water partition coefficient (Wildman–Crippen LogP) is 3.06. The molecule has 1 N–H and O–H groups in total. The van der Waals surface area contributed by atoms with Crippen LogP contribution in [0.3, 0.4) is 0 Å². The van der Waals surface area contributed by atoms with Crippen LogP contribution in [-0.4, -0.2) is 40.4 Å². The summed E-state index contributed by atoms with van der Waals surface area (Å²) in [5.41, 5.74) is 3.18. The maximum Gasteiger partial charge on any atom is 0.253 e. The summed E-state index contributed by atoms with van der Waals surface area (Å²) in [7, 11) is 0. The molecule has 1 aliphatic heterocycles. The third-order valence-corrected chi connectivity index (χ3v) is 4.80. The van der Waals surface area contributed by atoms with Gasteiger partial charge in [-0.2, -0.15) is 5.10 Å². The molecule has 1 aliphatic rings. The zero-order chi connectivity index (χ0) is 19.7. The second-order valence-electron chi connectivity index (χ2n) is 7.20. The lowest BCUT2D eigenvalue weighted by atomic mass is 10.1. The SMILES string of the molecule is Cc1nc2c(cnn2C(C)C)cc1C(=O)NCCc1ccc2c(c1)OCCO2. The molecule has 0 spiro atoms. The molecular formula is C21H24N4O3. The molecule has 3 heterocycles. The fourth-order valence-corrected chi connectivity index (χ4v) is 3.33. The molecule has 7 heteroatoms. The molecule has 0 bridgehead atoms. The fraction of sp³-hybridized carbons (Fsp3) is 0.381. The Hall–Kier alpha value is -3.09. The lowest BCUT2D eigenvalue weighted by molar-refractivity contribution is 0.0953. The summed E-state index contributed by atoms with van der Waals surface area (Å²) >= 11 is 0. The molecule has 1 amide bonds. The van der Waals surface area contributed by atoms with Gasteiger partial charge in [-0.25, -0.2) is 9.67 Å². The van der Waals surface area contributed by atoms with Gasteiger partial charge in [-0.3, -0.25) is 4.79 Å². The number of carbonyl (C=O) groups is 1. The standard InChI is InChI=1S/C21H24N4O3/c1-13(2)25-20-16(12-23-25)11-17(14(3)24-20)21(26)22-7-6-15-4-5-18-19(10-15)28-9-8-27-18/h4-5,10-13H,6-9H2,1-3H3,(H,22,26). The zero-order valence-corrected chi connectivity index (χ0v) is 16.4. The van der Waals surface area contributed by atoms with Gasteiger partial charge in [0.2, 0.25) is 0 Å². The third-order valence-electron chi connectivity index (χ3n) is 4.80. The van der Waals surface area contributed by atoms with Crippen molar-refractivity contribution in [3.63, 3.8) is 0 Å². The minimum absolute atomic E-state index is 0.123. The Labute approximate surface area is 163 Å². The van der Waals surface area contributed by atoms with E-state index in [4.69, 9.17) is 9.47 Å². The van der Waals surface area contributed by atoms with E-state index in [2.05, 4.69) is 29.2 Å². The molecule has 2 aromatic heterocycles. The number of aryl methyl sites for hydroxylation is 1. The normalized spacial score (nSPS) is 13.1. The number of ether oxygens (including phenoxy) is 2.